The topological polar surface area (TPSA) is 81.2 Å². The van der Waals surface area contributed by atoms with Crippen molar-refractivity contribution in [2.24, 2.45) is 5.92 Å². The molecule has 1 amide bonds. The van der Waals surface area contributed by atoms with Gasteiger partial charge in [0.15, 0.2) is 5.82 Å². The molecule has 0 aliphatic carbocycles. The average molecular weight is 368 g/mol. The number of carbonyl (C=O) groups excluding carboxylic acids is 1. The van der Waals surface area contributed by atoms with E-state index in [-0.39, 0.29) is 24.6 Å². The number of hydrogen-bond acceptors (Lipinski definition) is 5. The Morgan fingerprint density at radius 3 is 2.78 bits per heavy atom. The largest absolute Gasteiger partial charge is 0.339 e. The van der Waals surface area contributed by atoms with Crippen LogP contribution in [0.15, 0.2) is 45.8 Å². The molecule has 0 aliphatic heterocycles. The van der Waals surface area contributed by atoms with Crippen molar-refractivity contribution in [3.63, 3.8) is 0 Å². The molecule has 0 N–H and O–H groups in total. The van der Waals surface area contributed by atoms with Gasteiger partial charge in [0.2, 0.25) is 11.8 Å². The molecule has 0 bridgehead atoms. The average Bonchev–Trinajstić information content (AvgIpc) is 3.08. The van der Waals surface area contributed by atoms with Crippen LogP contribution in [0.1, 0.15) is 32.5 Å². The van der Waals surface area contributed by atoms with Gasteiger partial charge in [0, 0.05) is 24.5 Å². The summed E-state index contributed by atoms with van der Waals surface area (Å²) in [4.78, 5) is 31.3. The summed E-state index contributed by atoms with van der Waals surface area (Å²) in [5.41, 5.74) is -0.170. The van der Waals surface area contributed by atoms with Gasteiger partial charge < -0.3 is 14.0 Å². The van der Waals surface area contributed by atoms with E-state index in [2.05, 4.69) is 24.0 Å². The lowest BCUT2D eigenvalue weighted by atomic mass is 10.1. The molecule has 7 heteroatoms. The molecule has 0 radical (unpaired) electrons. The lowest BCUT2D eigenvalue weighted by Gasteiger charge is -2.19. The first-order valence-electron chi connectivity index (χ1n) is 9.15. The molecule has 0 fully saturated rings. The van der Waals surface area contributed by atoms with Crippen molar-refractivity contribution < 1.29 is 9.32 Å². The van der Waals surface area contributed by atoms with Crippen LogP contribution in [0.4, 0.5) is 0 Å². The van der Waals surface area contributed by atoms with E-state index in [1.807, 2.05) is 31.2 Å². The van der Waals surface area contributed by atoms with Crippen LogP contribution in [0.3, 0.4) is 0 Å². The monoisotopic (exact) mass is 368 g/mol. The van der Waals surface area contributed by atoms with Crippen LogP contribution in [0.5, 0.6) is 0 Å². The molecule has 3 rings (SSSR count). The van der Waals surface area contributed by atoms with Crippen molar-refractivity contribution in [2.45, 2.75) is 40.3 Å². The molecule has 0 aliphatic rings. The lowest BCUT2D eigenvalue weighted by Crippen LogP contribution is -2.36. The van der Waals surface area contributed by atoms with Crippen molar-refractivity contribution >= 4 is 16.7 Å². The fraction of sp³-hybridized carbons (Fsp3) is 0.400. The minimum atomic E-state index is -0.170. The van der Waals surface area contributed by atoms with E-state index >= 15 is 0 Å². The van der Waals surface area contributed by atoms with E-state index < -0.39 is 0 Å². The highest BCUT2D eigenvalue weighted by Gasteiger charge is 2.17. The van der Waals surface area contributed by atoms with Crippen molar-refractivity contribution in [1.82, 2.24) is 19.6 Å². The number of rotatable bonds is 7. The molecule has 3 aromatic rings. The second-order valence-electron chi connectivity index (χ2n) is 6.95. The number of pyridine rings is 1. The Kier molecular flexibility index (Phi) is 5.69. The first kappa shape index (κ1) is 18.8. The maximum absolute atomic E-state index is 12.7. The Hall–Kier alpha value is -2.96. The number of carbonyl (C=O) groups is 1. The van der Waals surface area contributed by atoms with Crippen LogP contribution in [0, 0.1) is 5.92 Å². The van der Waals surface area contributed by atoms with Gasteiger partial charge in [0.05, 0.1) is 6.54 Å². The molecular formula is C20H24N4O3. The van der Waals surface area contributed by atoms with Crippen LogP contribution >= 0.6 is 0 Å². The minimum absolute atomic E-state index is 0.0196. The van der Waals surface area contributed by atoms with Gasteiger partial charge in [0.1, 0.15) is 6.54 Å². The summed E-state index contributed by atoms with van der Waals surface area (Å²) in [6.45, 7) is 6.78. The Morgan fingerprint density at radius 2 is 2.04 bits per heavy atom. The quantitative estimate of drug-likeness (QED) is 0.640. The van der Waals surface area contributed by atoms with Gasteiger partial charge in [-0.2, -0.15) is 4.98 Å². The summed E-state index contributed by atoms with van der Waals surface area (Å²) in [5.74, 6) is 1.31. The summed E-state index contributed by atoms with van der Waals surface area (Å²) in [7, 11) is 0. The SMILES string of the molecule is CCN(Cc1noc(CC(C)C)n1)C(=O)Cn1ccc2ccccc2c1=O. The zero-order valence-corrected chi connectivity index (χ0v) is 15.9. The van der Waals surface area contributed by atoms with E-state index in [1.165, 1.54) is 4.57 Å². The van der Waals surface area contributed by atoms with Crippen LogP contribution in [0.25, 0.3) is 10.8 Å². The summed E-state index contributed by atoms with van der Waals surface area (Å²) in [6.07, 6.45) is 2.37. The van der Waals surface area contributed by atoms with Gasteiger partial charge in [-0.05, 0) is 30.4 Å². The molecule has 0 spiro atoms. The maximum Gasteiger partial charge on any atom is 0.258 e. The highest BCUT2D eigenvalue weighted by atomic mass is 16.5. The maximum atomic E-state index is 12.7. The summed E-state index contributed by atoms with van der Waals surface area (Å²) < 4.78 is 6.67. The van der Waals surface area contributed by atoms with Gasteiger partial charge in [-0.3, -0.25) is 9.59 Å². The Morgan fingerprint density at radius 1 is 1.26 bits per heavy atom. The van der Waals surface area contributed by atoms with Gasteiger partial charge in [-0.25, -0.2) is 0 Å². The molecular weight excluding hydrogens is 344 g/mol. The number of benzene rings is 1. The first-order valence-corrected chi connectivity index (χ1v) is 9.15. The zero-order chi connectivity index (χ0) is 19.4. The van der Waals surface area contributed by atoms with Crippen LogP contribution in [-0.2, 0) is 24.3 Å². The van der Waals surface area contributed by atoms with Crippen molar-refractivity contribution in [3.05, 3.63) is 58.6 Å². The fourth-order valence-electron chi connectivity index (χ4n) is 2.93. The van der Waals surface area contributed by atoms with E-state index in [4.69, 9.17) is 4.52 Å². The Labute approximate surface area is 157 Å². The van der Waals surface area contributed by atoms with Crippen molar-refractivity contribution in [3.8, 4) is 0 Å². The molecule has 0 saturated carbocycles. The molecule has 1 aromatic carbocycles. The van der Waals surface area contributed by atoms with E-state index in [1.54, 1.807) is 17.2 Å². The Balaban J connectivity index is 1.73. The molecule has 27 heavy (non-hydrogen) atoms. The zero-order valence-electron chi connectivity index (χ0n) is 15.9. The fourth-order valence-corrected chi connectivity index (χ4v) is 2.93. The third-order valence-corrected chi connectivity index (χ3v) is 4.35. The molecule has 0 atom stereocenters. The smallest absolute Gasteiger partial charge is 0.258 e. The number of aromatic nitrogens is 3. The van der Waals surface area contributed by atoms with E-state index in [0.717, 1.165) is 5.39 Å². The summed E-state index contributed by atoms with van der Waals surface area (Å²) in [5, 5.41) is 5.42. The molecule has 2 heterocycles. The normalized spacial score (nSPS) is 11.3. The van der Waals surface area contributed by atoms with Crippen molar-refractivity contribution in [2.75, 3.05) is 6.54 Å². The third kappa shape index (κ3) is 4.42. The van der Waals surface area contributed by atoms with Crippen LogP contribution < -0.4 is 5.56 Å². The van der Waals surface area contributed by atoms with E-state index in [0.29, 0.717) is 36.0 Å². The number of amides is 1. The predicted molar refractivity (Wildman–Crippen MR) is 102 cm³/mol. The standard InChI is InChI=1S/C20H24N4O3/c1-4-23(12-17-21-18(27-22-17)11-14(2)3)19(25)13-24-10-9-15-7-5-6-8-16(15)20(24)26/h5-10,14H,4,11-13H2,1-3H3. The highest BCUT2D eigenvalue weighted by Crippen LogP contribution is 2.10. The molecule has 142 valence electrons. The second-order valence-corrected chi connectivity index (χ2v) is 6.95. The first-order chi connectivity index (χ1) is 13.0. The summed E-state index contributed by atoms with van der Waals surface area (Å²) >= 11 is 0. The van der Waals surface area contributed by atoms with Crippen LogP contribution in [-0.4, -0.2) is 32.1 Å². The van der Waals surface area contributed by atoms with Crippen molar-refractivity contribution in [1.29, 1.82) is 0 Å². The molecule has 0 saturated heterocycles. The van der Waals surface area contributed by atoms with Gasteiger partial charge in [-0.15, -0.1) is 0 Å². The minimum Gasteiger partial charge on any atom is -0.339 e. The van der Waals surface area contributed by atoms with E-state index in [9.17, 15) is 9.59 Å². The number of fused-ring (bicyclic) bond motifs is 1. The van der Waals surface area contributed by atoms with Crippen LogP contribution in [0.2, 0.25) is 0 Å². The second kappa shape index (κ2) is 8.16. The van der Waals surface area contributed by atoms with Gasteiger partial charge >= 0.3 is 0 Å². The Bertz CT molecular complexity index is 990. The molecule has 0 unspecified atom stereocenters. The van der Waals surface area contributed by atoms with Gasteiger partial charge in [0.25, 0.3) is 5.56 Å². The number of nitrogens with zero attached hydrogens (tertiary/aromatic N) is 4. The predicted octanol–water partition coefficient (Wildman–Crippen LogP) is 2.63. The number of hydrogen-bond donors (Lipinski definition) is 0. The molecule has 7 nitrogen and oxygen atoms in total. The molecule has 2 aromatic heterocycles. The summed E-state index contributed by atoms with van der Waals surface area (Å²) in [6, 6.07) is 9.20. The van der Waals surface area contributed by atoms with Gasteiger partial charge in [-0.1, -0.05) is 37.2 Å². The number of likely N-dealkylation sites (N-methyl/N-ethyl adjacent to an activating group) is 1. The third-order valence-electron chi connectivity index (χ3n) is 4.35. The lowest BCUT2D eigenvalue weighted by molar-refractivity contribution is -0.132. The highest BCUT2D eigenvalue weighted by molar-refractivity contribution is 5.82.